The Morgan fingerprint density at radius 3 is 2.68 bits per heavy atom. The molecule has 1 aromatic heterocycles. The molecule has 0 radical (unpaired) electrons. The number of pyridine rings is 1. The fraction of sp³-hybridized carbons (Fsp3) is 0.462. The van der Waals surface area contributed by atoms with E-state index in [0.29, 0.717) is 5.82 Å². The highest BCUT2D eigenvalue weighted by molar-refractivity contribution is 5.86. The zero-order chi connectivity index (χ0) is 13.8. The number of amides is 1. The zero-order valence-electron chi connectivity index (χ0n) is 10.8. The Hall–Kier alpha value is -2.11. The molecule has 1 aliphatic heterocycles. The van der Waals surface area contributed by atoms with Crippen molar-refractivity contribution >= 4 is 17.7 Å². The lowest BCUT2D eigenvalue weighted by molar-refractivity contribution is -0.130. The molecular weight excluding hydrogens is 246 g/mol. The maximum Gasteiger partial charge on any atom is 0.354 e. The number of nitrogens with one attached hydrogen (secondary N) is 1. The van der Waals surface area contributed by atoms with Crippen molar-refractivity contribution in [2.75, 3.05) is 18.4 Å². The van der Waals surface area contributed by atoms with Crippen LogP contribution >= 0.6 is 0 Å². The first kappa shape index (κ1) is 13.3. The number of rotatable bonds is 4. The fourth-order valence-corrected chi connectivity index (χ4v) is 2.13. The van der Waals surface area contributed by atoms with Crippen molar-refractivity contribution in [1.29, 1.82) is 0 Å². The predicted molar refractivity (Wildman–Crippen MR) is 70.1 cm³/mol. The molecule has 2 heterocycles. The van der Waals surface area contributed by atoms with Crippen LogP contribution in [-0.4, -0.2) is 46.0 Å². The molecule has 0 saturated carbocycles. The number of aromatic nitrogens is 1. The Labute approximate surface area is 111 Å². The number of carboxylic acid groups (broad SMARTS) is 1. The number of carboxylic acids is 1. The second kappa shape index (κ2) is 5.69. The average molecular weight is 263 g/mol. The lowest BCUT2D eigenvalue weighted by Crippen LogP contribution is -2.39. The molecule has 2 N–H and O–H groups in total. The summed E-state index contributed by atoms with van der Waals surface area (Å²) in [6, 6.07) is 4.27. The Balaban J connectivity index is 2.01. The van der Waals surface area contributed by atoms with Gasteiger partial charge < -0.3 is 15.3 Å². The molecule has 0 aromatic carbocycles. The van der Waals surface area contributed by atoms with Crippen molar-refractivity contribution in [3.63, 3.8) is 0 Å². The van der Waals surface area contributed by atoms with E-state index in [4.69, 9.17) is 5.11 Å². The van der Waals surface area contributed by atoms with Gasteiger partial charge in [-0.1, -0.05) is 6.07 Å². The van der Waals surface area contributed by atoms with Crippen molar-refractivity contribution < 1.29 is 14.7 Å². The van der Waals surface area contributed by atoms with Gasteiger partial charge in [-0.05, 0) is 31.9 Å². The minimum Gasteiger partial charge on any atom is -0.477 e. The fourth-order valence-electron chi connectivity index (χ4n) is 2.13. The Kier molecular flexibility index (Phi) is 3.99. The summed E-state index contributed by atoms with van der Waals surface area (Å²) in [6.45, 7) is 3.36. The van der Waals surface area contributed by atoms with Crippen LogP contribution in [0, 0.1) is 0 Å². The predicted octanol–water partition coefficient (Wildman–Crippen LogP) is 1.20. The molecule has 1 atom stereocenters. The van der Waals surface area contributed by atoms with E-state index in [-0.39, 0.29) is 11.6 Å². The minimum absolute atomic E-state index is 0.0278. The number of hydrogen-bond acceptors (Lipinski definition) is 4. The van der Waals surface area contributed by atoms with Crippen molar-refractivity contribution in [2.45, 2.75) is 25.8 Å². The molecule has 1 aromatic rings. The number of anilines is 1. The van der Waals surface area contributed by atoms with E-state index in [2.05, 4.69) is 10.3 Å². The SMILES string of the molecule is CC(Nc1cccc(C(=O)O)n1)C(=O)N1CCCC1. The number of carbonyl (C=O) groups is 2. The van der Waals surface area contributed by atoms with Gasteiger partial charge in [0.1, 0.15) is 11.9 Å². The van der Waals surface area contributed by atoms with Gasteiger partial charge in [0.15, 0.2) is 5.69 Å². The summed E-state index contributed by atoms with van der Waals surface area (Å²) >= 11 is 0. The van der Waals surface area contributed by atoms with Gasteiger partial charge in [-0.3, -0.25) is 4.79 Å². The van der Waals surface area contributed by atoms with Gasteiger partial charge in [0.2, 0.25) is 5.91 Å². The third-order valence-corrected chi connectivity index (χ3v) is 3.12. The van der Waals surface area contributed by atoms with Crippen LogP contribution in [0.2, 0.25) is 0 Å². The lowest BCUT2D eigenvalue weighted by atomic mass is 10.2. The summed E-state index contributed by atoms with van der Waals surface area (Å²) in [5.74, 6) is -0.651. The largest absolute Gasteiger partial charge is 0.477 e. The number of aromatic carboxylic acids is 1. The Morgan fingerprint density at radius 2 is 2.05 bits per heavy atom. The van der Waals surface area contributed by atoms with Crippen LogP contribution in [0.3, 0.4) is 0 Å². The standard InChI is InChI=1S/C13H17N3O3/c1-9(12(17)16-7-2-3-8-16)14-11-6-4-5-10(15-11)13(18)19/h4-6,9H,2-3,7-8H2,1H3,(H,14,15)(H,18,19). The van der Waals surface area contributed by atoms with Gasteiger partial charge in [0, 0.05) is 13.1 Å². The third kappa shape index (κ3) is 3.21. The highest BCUT2D eigenvalue weighted by Gasteiger charge is 2.23. The Bertz CT molecular complexity index is 484. The molecule has 0 aliphatic carbocycles. The van der Waals surface area contributed by atoms with Crippen molar-refractivity contribution in [2.24, 2.45) is 0 Å². The molecule has 19 heavy (non-hydrogen) atoms. The number of nitrogens with zero attached hydrogens (tertiary/aromatic N) is 2. The van der Waals surface area contributed by atoms with E-state index < -0.39 is 12.0 Å². The summed E-state index contributed by atoms with van der Waals surface area (Å²) in [4.78, 5) is 28.7. The summed E-state index contributed by atoms with van der Waals surface area (Å²) in [5.41, 5.74) is -0.0363. The van der Waals surface area contributed by atoms with E-state index in [1.54, 1.807) is 19.1 Å². The summed E-state index contributed by atoms with van der Waals surface area (Å²) in [6.07, 6.45) is 2.09. The molecule has 1 amide bonds. The molecule has 0 bridgehead atoms. The first-order valence-electron chi connectivity index (χ1n) is 6.33. The van der Waals surface area contributed by atoms with Gasteiger partial charge in [-0.2, -0.15) is 0 Å². The van der Waals surface area contributed by atoms with Gasteiger partial charge >= 0.3 is 5.97 Å². The average Bonchev–Trinajstić information content (AvgIpc) is 2.92. The van der Waals surface area contributed by atoms with Gasteiger partial charge in [0.25, 0.3) is 0 Å². The van der Waals surface area contributed by atoms with E-state index in [0.717, 1.165) is 25.9 Å². The molecular formula is C13H17N3O3. The first-order chi connectivity index (χ1) is 9.08. The second-order valence-corrected chi connectivity index (χ2v) is 4.61. The molecule has 1 fully saturated rings. The quantitative estimate of drug-likeness (QED) is 0.853. The van der Waals surface area contributed by atoms with E-state index in [1.807, 2.05) is 4.90 Å². The number of carbonyl (C=O) groups excluding carboxylic acids is 1. The van der Waals surface area contributed by atoms with Crippen LogP contribution < -0.4 is 5.32 Å². The molecule has 1 aliphatic rings. The van der Waals surface area contributed by atoms with Crippen LogP contribution in [0.25, 0.3) is 0 Å². The first-order valence-corrected chi connectivity index (χ1v) is 6.33. The summed E-state index contributed by atoms with van der Waals surface area (Å²) < 4.78 is 0. The second-order valence-electron chi connectivity index (χ2n) is 4.61. The Morgan fingerprint density at radius 1 is 1.37 bits per heavy atom. The van der Waals surface area contributed by atoms with E-state index >= 15 is 0 Å². The van der Waals surface area contributed by atoms with Gasteiger partial charge in [-0.15, -0.1) is 0 Å². The van der Waals surface area contributed by atoms with E-state index in [1.165, 1.54) is 6.07 Å². The molecule has 6 nitrogen and oxygen atoms in total. The van der Waals surface area contributed by atoms with Crippen LogP contribution in [-0.2, 0) is 4.79 Å². The smallest absolute Gasteiger partial charge is 0.354 e. The van der Waals surface area contributed by atoms with Gasteiger partial charge in [-0.25, -0.2) is 9.78 Å². The maximum absolute atomic E-state index is 12.1. The minimum atomic E-state index is -1.08. The third-order valence-electron chi connectivity index (χ3n) is 3.12. The monoisotopic (exact) mass is 263 g/mol. The molecule has 102 valence electrons. The molecule has 6 heteroatoms. The molecule has 2 rings (SSSR count). The number of likely N-dealkylation sites (tertiary alicyclic amines) is 1. The summed E-state index contributed by atoms with van der Waals surface area (Å²) in [5, 5.41) is 11.8. The van der Waals surface area contributed by atoms with Crippen LogP contribution in [0.5, 0.6) is 0 Å². The van der Waals surface area contributed by atoms with Crippen LogP contribution in [0.1, 0.15) is 30.3 Å². The lowest BCUT2D eigenvalue weighted by Gasteiger charge is -2.21. The number of hydrogen-bond donors (Lipinski definition) is 2. The summed E-state index contributed by atoms with van der Waals surface area (Å²) in [7, 11) is 0. The van der Waals surface area contributed by atoms with E-state index in [9.17, 15) is 9.59 Å². The van der Waals surface area contributed by atoms with Crippen molar-refractivity contribution in [3.8, 4) is 0 Å². The van der Waals surface area contributed by atoms with Crippen molar-refractivity contribution in [3.05, 3.63) is 23.9 Å². The highest BCUT2D eigenvalue weighted by atomic mass is 16.4. The highest BCUT2D eigenvalue weighted by Crippen LogP contribution is 2.12. The molecule has 1 saturated heterocycles. The van der Waals surface area contributed by atoms with Gasteiger partial charge in [0.05, 0.1) is 0 Å². The normalized spacial score (nSPS) is 16.2. The topological polar surface area (TPSA) is 82.5 Å². The van der Waals surface area contributed by atoms with Crippen LogP contribution in [0.15, 0.2) is 18.2 Å². The maximum atomic E-state index is 12.1. The zero-order valence-corrected chi connectivity index (χ0v) is 10.8. The molecule has 1 unspecified atom stereocenters. The van der Waals surface area contributed by atoms with Crippen molar-refractivity contribution in [1.82, 2.24) is 9.88 Å². The molecule has 0 spiro atoms. The van der Waals surface area contributed by atoms with Crippen LogP contribution in [0.4, 0.5) is 5.82 Å².